The molecule has 102 valence electrons. The maximum atomic E-state index is 12.0. The van der Waals surface area contributed by atoms with E-state index in [0.29, 0.717) is 6.42 Å². The lowest BCUT2D eigenvalue weighted by Crippen LogP contribution is -2.41. The van der Waals surface area contributed by atoms with Crippen molar-refractivity contribution in [3.05, 3.63) is 60.2 Å². The number of amides is 1. The maximum absolute atomic E-state index is 12.0. The highest BCUT2D eigenvalue weighted by Gasteiger charge is 2.19. The Kier molecular flexibility index (Phi) is 4.55. The zero-order valence-electron chi connectivity index (χ0n) is 11.1. The Balaban J connectivity index is 2.07. The van der Waals surface area contributed by atoms with Crippen molar-refractivity contribution in [1.82, 2.24) is 15.3 Å². The van der Waals surface area contributed by atoms with Crippen molar-refractivity contribution in [1.29, 1.82) is 0 Å². The number of carbonyl (C=O) groups excluding carboxylic acids is 2. The van der Waals surface area contributed by atoms with Gasteiger partial charge >= 0.3 is 0 Å². The highest BCUT2D eigenvalue weighted by molar-refractivity contribution is 5.95. The molecule has 0 radical (unpaired) electrons. The summed E-state index contributed by atoms with van der Waals surface area (Å²) in [5, 5.41) is 2.69. The molecule has 0 aliphatic heterocycles. The van der Waals surface area contributed by atoms with Crippen molar-refractivity contribution in [2.45, 2.75) is 19.4 Å². The first-order chi connectivity index (χ1) is 9.66. The number of nitrogens with zero attached hydrogens (tertiary/aromatic N) is 2. The molecular formula is C15H15N3O2. The Morgan fingerprint density at radius 3 is 2.55 bits per heavy atom. The van der Waals surface area contributed by atoms with Crippen molar-refractivity contribution in [2.75, 3.05) is 0 Å². The minimum atomic E-state index is -0.563. The topological polar surface area (TPSA) is 72.0 Å². The molecule has 1 aromatic carbocycles. The molecule has 0 saturated heterocycles. The maximum Gasteiger partial charge on any atom is 0.272 e. The van der Waals surface area contributed by atoms with E-state index < -0.39 is 11.9 Å². The van der Waals surface area contributed by atoms with Gasteiger partial charge in [-0.2, -0.15) is 0 Å². The molecular weight excluding hydrogens is 254 g/mol. The summed E-state index contributed by atoms with van der Waals surface area (Å²) in [5.74, 6) is -0.486. The number of carbonyl (C=O) groups is 2. The van der Waals surface area contributed by atoms with E-state index in [1.807, 2.05) is 30.3 Å². The third kappa shape index (κ3) is 3.71. The van der Waals surface area contributed by atoms with Crippen LogP contribution in [0.15, 0.2) is 48.9 Å². The summed E-state index contributed by atoms with van der Waals surface area (Å²) in [6.45, 7) is 1.46. The van der Waals surface area contributed by atoms with E-state index >= 15 is 0 Å². The highest BCUT2D eigenvalue weighted by atomic mass is 16.2. The first kappa shape index (κ1) is 13.9. The number of rotatable bonds is 5. The van der Waals surface area contributed by atoms with Crippen LogP contribution in [0.4, 0.5) is 0 Å². The van der Waals surface area contributed by atoms with Gasteiger partial charge in [0, 0.05) is 12.4 Å². The number of ketones is 1. The quantitative estimate of drug-likeness (QED) is 0.890. The molecule has 1 heterocycles. The van der Waals surface area contributed by atoms with Crippen LogP contribution in [0.3, 0.4) is 0 Å². The first-order valence-electron chi connectivity index (χ1n) is 6.28. The van der Waals surface area contributed by atoms with Crippen molar-refractivity contribution >= 4 is 11.7 Å². The van der Waals surface area contributed by atoms with Gasteiger partial charge in [0.1, 0.15) is 5.69 Å². The van der Waals surface area contributed by atoms with Gasteiger partial charge in [-0.05, 0) is 18.9 Å². The standard InChI is InChI=1S/C15H15N3O2/c1-11(19)13(9-12-5-3-2-4-6-12)18-15(20)14-10-16-7-8-17-14/h2-8,10,13H,9H2,1H3,(H,18,20)/t13-/m0/s1. The molecule has 0 fully saturated rings. The molecule has 2 rings (SSSR count). The number of benzene rings is 1. The SMILES string of the molecule is CC(=O)[C@H](Cc1ccccc1)NC(=O)c1cnccn1. The predicted octanol–water partition coefficient (Wildman–Crippen LogP) is 1.41. The number of nitrogens with one attached hydrogen (secondary N) is 1. The van der Waals surface area contributed by atoms with Crippen molar-refractivity contribution < 1.29 is 9.59 Å². The van der Waals surface area contributed by atoms with Crippen molar-refractivity contribution in [2.24, 2.45) is 0 Å². The molecule has 1 aromatic heterocycles. The molecule has 0 aliphatic rings. The van der Waals surface area contributed by atoms with Crippen LogP contribution in [0, 0.1) is 0 Å². The lowest BCUT2D eigenvalue weighted by molar-refractivity contribution is -0.118. The lowest BCUT2D eigenvalue weighted by atomic mass is 10.0. The second kappa shape index (κ2) is 6.56. The Hall–Kier alpha value is -2.56. The van der Waals surface area contributed by atoms with Crippen LogP contribution < -0.4 is 5.32 Å². The summed E-state index contributed by atoms with van der Waals surface area (Å²) in [6.07, 6.45) is 4.76. The van der Waals surface area contributed by atoms with Gasteiger partial charge in [0.25, 0.3) is 5.91 Å². The molecule has 1 N–H and O–H groups in total. The molecule has 0 unspecified atom stereocenters. The molecule has 5 heteroatoms. The van der Waals surface area contributed by atoms with Gasteiger partial charge in [-0.1, -0.05) is 30.3 Å². The zero-order valence-corrected chi connectivity index (χ0v) is 11.1. The first-order valence-corrected chi connectivity index (χ1v) is 6.28. The molecule has 1 atom stereocenters. The summed E-state index contributed by atoms with van der Waals surface area (Å²) in [7, 11) is 0. The van der Waals surface area contributed by atoms with E-state index in [2.05, 4.69) is 15.3 Å². The third-order valence-electron chi connectivity index (χ3n) is 2.87. The second-order valence-electron chi connectivity index (χ2n) is 4.42. The average Bonchev–Trinajstić information content (AvgIpc) is 2.48. The van der Waals surface area contributed by atoms with Crippen molar-refractivity contribution in [3.63, 3.8) is 0 Å². The number of aromatic nitrogens is 2. The summed E-state index contributed by atoms with van der Waals surface area (Å²) >= 11 is 0. The van der Waals surface area contributed by atoms with Gasteiger partial charge in [0.05, 0.1) is 12.2 Å². The van der Waals surface area contributed by atoms with Crippen molar-refractivity contribution in [3.8, 4) is 0 Å². The van der Waals surface area contributed by atoms with Crippen LogP contribution >= 0.6 is 0 Å². The fourth-order valence-electron chi connectivity index (χ4n) is 1.79. The van der Waals surface area contributed by atoms with E-state index in [9.17, 15) is 9.59 Å². The van der Waals surface area contributed by atoms with E-state index in [1.54, 1.807) is 0 Å². The van der Waals surface area contributed by atoms with E-state index in [1.165, 1.54) is 25.5 Å². The zero-order chi connectivity index (χ0) is 14.4. The van der Waals surface area contributed by atoms with Crippen LogP contribution in [-0.2, 0) is 11.2 Å². The van der Waals surface area contributed by atoms with Crippen LogP contribution in [0.5, 0.6) is 0 Å². The molecule has 1 amide bonds. The molecule has 0 spiro atoms. The second-order valence-corrected chi connectivity index (χ2v) is 4.42. The van der Waals surface area contributed by atoms with Gasteiger partial charge in [-0.25, -0.2) is 4.98 Å². The fourth-order valence-corrected chi connectivity index (χ4v) is 1.79. The third-order valence-corrected chi connectivity index (χ3v) is 2.87. The fraction of sp³-hybridized carbons (Fsp3) is 0.200. The van der Waals surface area contributed by atoms with Gasteiger partial charge < -0.3 is 5.32 Å². The molecule has 0 bridgehead atoms. The average molecular weight is 269 g/mol. The molecule has 20 heavy (non-hydrogen) atoms. The van der Waals surface area contributed by atoms with Crippen LogP contribution in [0.2, 0.25) is 0 Å². The van der Waals surface area contributed by atoms with Crippen LogP contribution in [0.1, 0.15) is 23.0 Å². The van der Waals surface area contributed by atoms with Gasteiger partial charge in [-0.3, -0.25) is 14.6 Å². The highest BCUT2D eigenvalue weighted by Crippen LogP contribution is 2.05. The summed E-state index contributed by atoms with van der Waals surface area (Å²) < 4.78 is 0. The Morgan fingerprint density at radius 2 is 1.95 bits per heavy atom. The summed E-state index contributed by atoms with van der Waals surface area (Å²) in [4.78, 5) is 31.4. The molecule has 0 saturated carbocycles. The smallest absolute Gasteiger partial charge is 0.272 e. The van der Waals surface area contributed by atoms with E-state index in [-0.39, 0.29) is 11.5 Å². The Labute approximate surface area is 117 Å². The summed E-state index contributed by atoms with van der Waals surface area (Å²) in [5.41, 5.74) is 1.19. The Bertz CT molecular complexity index is 585. The lowest BCUT2D eigenvalue weighted by Gasteiger charge is -2.15. The minimum Gasteiger partial charge on any atom is -0.341 e. The van der Waals surface area contributed by atoms with Gasteiger partial charge in [0.2, 0.25) is 0 Å². The normalized spacial score (nSPS) is 11.7. The minimum absolute atomic E-state index is 0.0916. The van der Waals surface area contributed by atoms with Gasteiger partial charge in [-0.15, -0.1) is 0 Å². The molecule has 2 aromatic rings. The van der Waals surface area contributed by atoms with E-state index in [0.717, 1.165) is 5.56 Å². The molecule has 0 aliphatic carbocycles. The van der Waals surface area contributed by atoms with E-state index in [4.69, 9.17) is 0 Å². The largest absolute Gasteiger partial charge is 0.341 e. The number of hydrogen-bond donors (Lipinski definition) is 1. The van der Waals surface area contributed by atoms with Crippen LogP contribution in [0.25, 0.3) is 0 Å². The summed E-state index contributed by atoms with van der Waals surface area (Å²) in [6, 6.07) is 8.99. The monoisotopic (exact) mass is 269 g/mol. The van der Waals surface area contributed by atoms with Crippen LogP contribution in [-0.4, -0.2) is 27.7 Å². The number of hydrogen-bond acceptors (Lipinski definition) is 4. The molecule has 5 nitrogen and oxygen atoms in total. The Morgan fingerprint density at radius 1 is 1.20 bits per heavy atom. The predicted molar refractivity (Wildman–Crippen MR) is 74.1 cm³/mol. The van der Waals surface area contributed by atoms with Gasteiger partial charge in [0.15, 0.2) is 5.78 Å². The number of Topliss-reactive ketones (excluding diaryl/α,β-unsaturated/α-hetero) is 1.